The summed E-state index contributed by atoms with van der Waals surface area (Å²) >= 11 is 0. The predicted octanol–water partition coefficient (Wildman–Crippen LogP) is 2.18. The molecule has 0 saturated carbocycles. The van der Waals surface area contributed by atoms with Crippen LogP contribution in [0.5, 0.6) is 0 Å². The predicted molar refractivity (Wildman–Crippen MR) is 77.2 cm³/mol. The van der Waals surface area contributed by atoms with Crippen LogP contribution in [-0.2, 0) is 0 Å². The molecule has 2 aliphatic heterocycles. The van der Waals surface area contributed by atoms with Crippen LogP contribution in [0.4, 0.5) is 5.95 Å². The number of likely N-dealkylation sites (tertiary alicyclic amines) is 1. The Morgan fingerprint density at radius 2 is 1.84 bits per heavy atom. The topological polar surface area (TPSA) is 32.3 Å². The Hall–Kier alpha value is -1.16. The zero-order valence-corrected chi connectivity index (χ0v) is 11.8. The summed E-state index contributed by atoms with van der Waals surface area (Å²) < 4.78 is 0. The van der Waals surface area contributed by atoms with Crippen LogP contribution in [0.2, 0.25) is 0 Å². The maximum Gasteiger partial charge on any atom is 0.225 e. The summed E-state index contributed by atoms with van der Waals surface area (Å²) in [6, 6.07) is 2.72. The molecule has 0 bridgehead atoms. The number of hydrogen-bond donors (Lipinski definition) is 0. The van der Waals surface area contributed by atoms with Crippen molar-refractivity contribution in [3.8, 4) is 0 Å². The molecular weight excluding hydrogens is 236 g/mol. The minimum Gasteiger partial charge on any atom is -0.341 e. The smallest absolute Gasteiger partial charge is 0.225 e. The molecule has 1 aromatic heterocycles. The standard InChI is InChI=1S/C15H24N4/c1-18-9-2-4-14(18)12-13-5-10-19(11-6-13)15-16-7-3-8-17-15/h3,7-8,13-14H,2,4-6,9-12H2,1H3. The summed E-state index contributed by atoms with van der Waals surface area (Å²) in [5.74, 6) is 1.80. The van der Waals surface area contributed by atoms with Gasteiger partial charge in [-0.25, -0.2) is 9.97 Å². The molecule has 0 radical (unpaired) electrons. The molecule has 2 saturated heterocycles. The number of anilines is 1. The molecule has 104 valence electrons. The van der Waals surface area contributed by atoms with Crippen molar-refractivity contribution in [1.29, 1.82) is 0 Å². The second kappa shape index (κ2) is 5.87. The molecule has 2 fully saturated rings. The van der Waals surface area contributed by atoms with E-state index in [9.17, 15) is 0 Å². The van der Waals surface area contributed by atoms with Crippen molar-refractivity contribution < 1.29 is 0 Å². The molecule has 3 heterocycles. The first-order valence-electron chi connectivity index (χ1n) is 7.55. The van der Waals surface area contributed by atoms with E-state index in [1.165, 1.54) is 38.6 Å². The van der Waals surface area contributed by atoms with Crippen LogP contribution in [0.3, 0.4) is 0 Å². The van der Waals surface area contributed by atoms with E-state index in [0.29, 0.717) is 0 Å². The third-order valence-electron chi connectivity index (χ3n) is 4.73. The van der Waals surface area contributed by atoms with Crippen molar-refractivity contribution in [2.24, 2.45) is 5.92 Å². The normalized spacial score (nSPS) is 25.9. The first-order valence-corrected chi connectivity index (χ1v) is 7.55. The Morgan fingerprint density at radius 3 is 2.47 bits per heavy atom. The lowest BCUT2D eigenvalue weighted by molar-refractivity contribution is 0.240. The van der Waals surface area contributed by atoms with E-state index in [2.05, 4.69) is 26.8 Å². The molecular formula is C15H24N4. The van der Waals surface area contributed by atoms with E-state index >= 15 is 0 Å². The van der Waals surface area contributed by atoms with Gasteiger partial charge in [-0.15, -0.1) is 0 Å². The van der Waals surface area contributed by atoms with Crippen molar-refractivity contribution in [2.45, 2.75) is 38.1 Å². The average molecular weight is 260 g/mol. The lowest BCUT2D eigenvalue weighted by Gasteiger charge is -2.34. The lowest BCUT2D eigenvalue weighted by Crippen LogP contribution is -2.37. The van der Waals surface area contributed by atoms with Gasteiger partial charge in [0, 0.05) is 31.5 Å². The Bertz CT molecular complexity index is 386. The van der Waals surface area contributed by atoms with Crippen molar-refractivity contribution in [3.63, 3.8) is 0 Å². The summed E-state index contributed by atoms with van der Waals surface area (Å²) in [7, 11) is 2.28. The average Bonchev–Trinajstić information content (AvgIpc) is 2.86. The highest BCUT2D eigenvalue weighted by atomic mass is 15.2. The van der Waals surface area contributed by atoms with Gasteiger partial charge in [0.2, 0.25) is 5.95 Å². The third-order valence-corrected chi connectivity index (χ3v) is 4.73. The largest absolute Gasteiger partial charge is 0.341 e. The van der Waals surface area contributed by atoms with Crippen molar-refractivity contribution in [1.82, 2.24) is 14.9 Å². The number of piperidine rings is 1. The minimum atomic E-state index is 0.838. The number of rotatable bonds is 3. The van der Waals surface area contributed by atoms with Gasteiger partial charge in [-0.3, -0.25) is 0 Å². The Morgan fingerprint density at radius 1 is 1.11 bits per heavy atom. The summed E-state index contributed by atoms with van der Waals surface area (Å²) in [5.41, 5.74) is 0. The van der Waals surface area contributed by atoms with Crippen LogP contribution >= 0.6 is 0 Å². The molecule has 1 aromatic rings. The summed E-state index contributed by atoms with van der Waals surface area (Å²) in [6.45, 7) is 3.53. The van der Waals surface area contributed by atoms with Crippen LogP contribution in [0, 0.1) is 5.92 Å². The van der Waals surface area contributed by atoms with E-state index < -0.39 is 0 Å². The molecule has 1 atom stereocenters. The van der Waals surface area contributed by atoms with Gasteiger partial charge in [-0.1, -0.05) is 0 Å². The van der Waals surface area contributed by atoms with Gasteiger partial charge in [-0.2, -0.15) is 0 Å². The quantitative estimate of drug-likeness (QED) is 0.834. The van der Waals surface area contributed by atoms with E-state index in [1.54, 1.807) is 0 Å². The maximum atomic E-state index is 4.35. The van der Waals surface area contributed by atoms with Crippen LogP contribution in [0.1, 0.15) is 32.1 Å². The molecule has 0 aliphatic carbocycles. The maximum absolute atomic E-state index is 4.35. The number of aromatic nitrogens is 2. The van der Waals surface area contributed by atoms with Crippen LogP contribution < -0.4 is 4.90 Å². The van der Waals surface area contributed by atoms with E-state index in [0.717, 1.165) is 31.0 Å². The summed E-state index contributed by atoms with van der Waals surface area (Å²) in [6.07, 6.45) is 10.4. The Labute approximate surface area is 115 Å². The Kier molecular flexibility index (Phi) is 3.97. The van der Waals surface area contributed by atoms with Crippen LogP contribution in [0.15, 0.2) is 18.5 Å². The van der Waals surface area contributed by atoms with Gasteiger partial charge in [-0.05, 0) is 57.7 Å². The molecule has 0 spiro atoms. The molecule has 3 rings (SSSR count). The third kappa shape index (κ3) is 3.06. The molecule has 4 heteroatoms. The molecule has 0 aromatic carbocycles. The van der Waals surface area contributed by atoms with Crippen molar-refractivity contribution >= 4 is 5.95 Å². The first kappa shape index (κ1) is 12.9. The zero-order valence-electron chi connectivity index (χ0n) is 11.8. The van der Waals surface area contributed by atoms with E-state index in [-0.39, 0.29) is 0 Å². The molecule has 2 aliphatic rings. The van der Waals surface area contributed by atoms with Crippen molar-refractivity contribution in [2.75, 3.05) is 31.6 Å². The van der Waals surface area contributed by atoms with E-state index in [4.69, 9.17) is 0 Å². The second-order valence-corrected chi connectivity index (χ2v) is 5.99. The molecule has 1 unspecified atom stereocenters. The van der Waals surface area contributed by atoms with Gasteiger partial charge < -0.3 is 9.80 Å². The second-order valence-electron chi connectivity index (χ2n) is 5.99. The summed E-state index contributed by atoms with van der Waals surface area (Å²) in [4.78, 5) is 13.6. The fourth-order valence-corrected chi connectivity index (χ4v) is 3.49. The SMILES string of the molecule is CN1CCCC1CC1CCN(c2ncccn2)CC1. The lowest BCUT2D eigenvalue weighted by atomic mass is 9.89. The van der Waals surface area contributed by atoms with Gasteiger partial charge in [0.25, 0.3) is 0 Å². The zero-order chi connectivity index (χ0) is 13.1. The van der Waals surface area contributed by atoms with Gasteiger partial charge in [0.1, 0.15) is 0 Å². The van der Waals surface area contributed by atoms with Gasteiger partial charge in [0.15, 0.2) is 0 Å². The number of hydrogen-bond acceptors (Lipinski definition) is 4. The van der Waals surface area contributed by atoms with E-state index in [1.807, 2.05) is 18.5 Å². The number of nitrogens with zero attached hydrogens (tertiary/aromatic N) is 4. The fourth-order valence-electron chi connectivity index (χ4n) is 3.49. The molecule has 0 N–H and O–H groups in total. The molecule has 19 heavy (non-hydrogen) atoms. The fraction of sp³-hybridized carbons (Fsp3) is 0.733. The van der Waals surface area contributed by atoms with Crippen molar-refractivity contribution in [3.05, 3.63) is 18.5 Å². The first-order chi connectivity index (χ1) is 9.33. The Balaban J connectivity index is 1.49. The molecule has 4 nitrogen and oxygen atoms in total. The van der Waals surface area contributed by atoms with Crippen LogP contribution in [0.25, 0.3) is 0 Å². The highest BCUT2D eigenvalue weighted by Gasteiger charge is 2.27. The summed E-state index contributed by atoms with van der Waals surface area (Å²) in [5, 5.41) is 0. The van der Waals surface area contributed by atoms with Gasteiger partial charge in [0.05, 0.1) is 0 Å². The van der Waals surface area contributed by atoms with Crippen LogP contribution in [-0.4, -0.2) is 47.6 Å². The van der Waals surface area contributed by atoms with Gasteiger partial charge >= 0.3 is 0 Å². The highest BCUT2D eigenvalue weighted by Crippen LogP contribution is 2.28. The molecule has 0 amide bonds. The monoisotopic (exact) mass is 260 g/mol. The minimum absolute atomic E-state index is 0.838. The highest BCUT2D eigenvalue weighted by molar-refractivity contribution is 5.28.